The van der Waals surface area contributed by atoms with Crippen LogP contribution in [0.3, 0.4) is 0 Å². The van der Waals surface area contributed by atoms with Gasteiger partial charge in [0.1, 0.15) is 24.4 Å². The van der Waals surface area contributed by atoms with Crippen molar-refractivity contribution in [1.29, 1.82) is 0 Å². The van der Waals surface area contributed by atoms with E-state index in [2.05, 4.69) is 5.32 Å². The summed E-state index contributed by atoms with van der Waals surface area (Å²) in [5.74, 6) is 0. The summed E-state index contributed by atoms with van der Waals surface area (Å²) in [5, 5.41) is 62.2. The van der Waals surface area contributed by atoms with Crippen molar-refractivity contribution < 1.29 is 40.1 Å². The van der Waals surface area contributed by atoms with Gasteiger partial charge in [-0.25, -0.2) is 0 Å². The van der Waals surface area contributed by atoms with E-state index in [1.165, 1.54) is 13.2 Å². The molecule has 1 aliphatic carbocycles. The van der Waals surface area contributed by atoms with Gasteiger partial charge in [-0.3, -0.25) is 0 Å². The van der Waals surface area contributed by atoms with Crippen LogP contribution in [0.15, 0.2) is 11.6 Å². The molecule has 9 nitrogen and oxygen atoms in total. The zero-order valence-electron chi connectivity index (χ0n) is 13.0. The van der Waals surface area contributed by atoms with Gasteiger partial charge in [0.15, 0.2) is 6.29 Å². The van der Waals surface area contributed by atoms with E-state index in [4.69, 9.17) is 9.47 Å². The van der Waals surface area contributed by atoms with E-state index >= 15 is 0 Å². The molecule has 134 valence electrons. The van der Waals surface area contributed by atoms with Crippen molar-refractivity contribution >= 4 is 0 Å². The Morgan fingerprint density at radius 3 is 2.30 bits per heavy atom. The molecule has 9 atom stereocenters. The monoisotopic (exact) mass is 335 g/mol. The number of aliphatic hydroxyl groups is 6. The van der Waals surface area contributed by atoms with E-state index in [1.54, 1.807) is 6.92 Å². The van der Waals surface area contributed by atoms with Crippen LogP contribution in [0.1, 0.15) is 6.92 Å². The molecular formula is C14H25NO8. The maximum atomic E-state index is 10.2. The number of methoxy groups -OCH3 is 1. The summed E-state index contributed by atoms with van der Waals surface area (Å²) in [6.45, 7) is 1.13. The van der Waals surface area contributed by atoms with Gasteiger partial charge < -0.3 is 45.4 Å². The predicted octanol–water partition coefficient (Wildman–Crippen LogP) is -3.56. The molecule has 0 bridgehead atoms. The van der Waals surface area contributed by atoms with Crippen LogP contribution in [0.4, 0.5) is 0 Å². The first kappa shape index (κ1) is 18.7. The Balaban J connectivity index is 2.19. The lowest BCUT2D eigenvalue weighted by molar-refractivity contribution is -0.263. The minimum atomic E-state index is -1.50. The van der Waals surface area contributed by atoms with Gasteiger partial charge in [-0.05, 0) is 12.5 Å². The van der Waals surface area contributed by atoms with Crippen LogP contribution in [-0.2, 0) is 9.47 Å². The van der Waals surface area contributed by atoms with Gasteiger partial charge in [0.2, 0.25) is 0 Å². The normalized spacial score (nSPS) is 48.2. The quantitative estimate of drug-likeness (QED) is 0.259. The topological polar surface area (TPSA) is 152 Å². The summed E-state index contributed by atoms with van der Waals surface area (Å²) in [5.41, 5.74) is 0.146. The number of aliphatic hydroxyl groups excluding tert-OH is 6. The Bertz CT molecular complexity index is 433. The van der Waals surface area contributed by atoms with Gasteiger partial charge in [0.25, 0.3) is 0 Å². The second kappa shape index (κ2) is 7.51. The molecule has 9 heteroatoms. The fourth-order valence-corrected chi connectivity index (χ4v) is 2.99. The molecule has 1 heterocycles. The van der Waals surface area contributed by atoms with Crippen LogP contribution in [0.25, 0.3) is 0 Å². The smallest absolute Gasteiger partial charge is 0.185 e. The molecule has 0 unspecified atom stereocenters. The zero-order valence-corrected chi connectivity index (χ0v) is 13.0. The summed E-state index contributed by atoms with van der Waals surface area (Å²) in [4.78, 5) is 0. The molecule has 1 fully saturated rings. The van der Waals surface area contributed by atoms with E-state index in [1.807, 2.05) is 0 Å². The van der Waals surface area contributed by atoms with Gasteiger partial charge in [-0.1, -0.05) is 6.08 Å². The Labute approximate surface area is 133 Å². The molecule has 0 radical (unpaired) electrons. The molecule has 0 amide bonds. The summed E-state index contributed by atoms with van der Waals surface area (Å²) >= 11 is 0. The van der Waals surface area contributed by atoms with Crippen molar-refractivity contribution in [2.45, 2.75) is 61.9 Å². The van der Waals surface area contributed by atoms with Crippen molar-refractivity contribution in [2.75, 3.05) is 13.7 Å². The molecule has 1 saturated heterocycles. The third-order valence-corrected chi connectivity index (χ3v) is 4.46. The number of nitrogens with one attached hydrogen (secondary N) is 1. The largest absolute Gasteiger partial charge is 0.392 e. The van der Waals surface area contributed by atoms with Crippen molar-refractivity contribution in [3.63, 3.8) is 0 Å². The van der Waals surface area contributed by atoms with Gasteiger partial charge >= 0.3 is 0 Å². The third kappa shape index (κ3) is 3.58. The Morgan fingerprint density at radius 1 is 1.09 bits per heavy atom. The number of hydrogen-bond acceptors (Lipinski definition) is 9. The summed E-state index contributed by atoms with van der Waals surface area (Å²) < 4.78 is 10.3. The van der Waals surface area contributed by atoms with Crippen molar-refractivity contribution in [3.05, 3.63) is 11.6 Å². The highest BCUT2D eigenvalue weighted by molar-refractivity contribution is 5.22. The van der Waals surface area contributed by atoms with Gasteiger partial charge in [0, 0.05) is 7.11 Å². The van der Waals surface area contributed by atoms with E-state index in [0.717, 1.165) is 0 Å². The molecular weight excluding hydrogens is 310 g/mol. The van der Waals surface area contributed by atoms with Crippen molar-refractivity contribution in [1.82, 2.24) is 5.32 Å². The molecule has 23 heavy (non-hydrogen) atoms. The summed E-state index contributed by atoms with van der Waals surface area (Å²) in [6.07, 6.45) is -6.75. The van der Waals surface area contributed by atoms with Crippen LogP contribution in [0.5, 0.6) is 0 Å². The maximum absolute atomic E-state index is 10.2. The second-order valence-electron chi connectivity index (χ2n) is 5.97. The zero-order chi connectivity index (χ0) is 17.3. The molecule has 0 saturated carbocycles. The summed E-state index contributed by atoms with van der Waals surface area (Å²) in [6, 6.07) is -1.78. The van der Waals surface area contributed by atoms with Crippen LogP contribution in [0, 0.1) is 0 Å². The lowest BCUT2D eigenvalue weighted by atomic mass is 9.86. The number of hydrogen-bond donors (Lipinski definition) is 7. The minimum Gasteiger partial charge on any atom is -0.392 e. The molecule has 0 spiro atoms. The Hall–Kier alpha value is -0.620. The molecule has 0 aromatic rings. The van der Waals surface area contributed by atoms with E-state index in [9.17, 15) is 30.6 Å². The Morgan fingerprint density at radius 2 is 1.74 bits per heavy atom. The van der Waals surface area contributed by atoms with Crippen LogP contribution < -0.4 is 5.32 Å². The SMILES string of the molecule is CO[C@@H]1O[C@H](C)[C@@H](O)[C@H](N[C@@H]2C=C(CO)[C@@H](O)[C@H](O)[C@H]2O)[C@H]1O. The molecule has 0 aromatic carbocycles. The first-order chi connectivity index (χ1) is 10.8. The second-order valence-corrected chi connectivity index (χ2v) is 5.97. The lowest BCUT2D eigenvalue weighted by Gasteiger charge is -2.44. The van der Waals surface area contributed by atoms with Crippen LogP contribution >= 0.6 is 0 Å². The summed E-state index contributed by atoms with van der Waals surface area (Å²) in [7, 11) is 1.36. The predicted molar refractivity (Wildman–Crippen MR) is 77.3 cm³/mol. The fraction of sp³-hybridized carbons (Fsp3) is 0.857. The van der Waals surface area contributed by atoms with Crippen LogP contribution in [0.2, 0.25) is 0 Å². The van der Waals surface area contributed by atoms with Crippen molar-refractivity contribution in [3.8, 4) is 0 Å². The first-order valence-electron chi connectivity index (χ1n) is 7.47. The van der Waals surface area contributed by atoms with Gasteiger partial charge in [-0.2, -0.15) is 0 Å². The van der Waals surface area contributed by atoms with Gasteiger partial charge in [0.05, 0.1) is 30.9 Å². The first-order valence-corrected chi connectivity index (χ1v) is 7.47. The number of rotatable bonds is 4. The average molecular weight is 335 g/mol. The standard InChI is InChI=1S/C14H25NO8/c1-5-9(17)8(12(20)14(22-2)23-5)15-7-3-6(4-16)10(18)13(21)11(7)19/h3,5,7-21H,4H2,1-2H3/t5-,7-,8+,9-,10-,11+,12-,13+,14-/m1/s1. The fourth-order valence-electron chi connectivity index (χ4n) is 2.99. The minimum absolute atomic E-state index is 0.146. The van der Waals surface area contributed by atoms with Crippen LogP contribution in [-0.4, -0.2) is 99.4 Å². The molecule has 2 rings (SSSR count). The number of ether oxygens (including phenoxy) is 2. The highest BCUT2D eigenvalue weighted by Crippen LogP contribution is 2.25. The highest BCUT2D eigenvalue weighted by atomic mass is 16.7. The third-order valence-electron chi connectivity index (χ3n) is 4.46. The molecule has 7 N–H and O–H groups in total. The molecule has 2 aliphatic rings. The Kier molecular flexibility index (Phi) is 6.11. The van der Waals surface area contributed by atoms with Gasteiger partial charge in [-0.15, -0.1) is 0 Å². The maximum Gasteiger partial charge on any atom is 0.185 e. The molecule has 0 aromatic heterocycles. The van der Waals surface area contributed by atoms with E-state index in [0.29, 0.717) is 0 Å². The lowest BCUT2D eigenvalue weighted by Crippen LogP contribution is -2.66. The molecule has 1 aliphatic heterocycles. The van der Waals surface area contributed by atoms with E-state index < -0.39 is 61.6 Å². The van der Waals surface area contributed by atoms with Crippen molar-refractivity contribution in [2.24, 2.45) is 0 Å². The highest BCUT2D eigenvalue weighted by Gasteiger charge is 2.46. The average Bonchev–Trinajstić information content (AvgIpc) is 2.54. The van der Waals surface area contributed by atoms with E-state index in [-0.39, 0.29) is 5.57 Å².